The molecule has 130 valence electrons. The fourth-order valence-electron chi connectivity index (χ4n) is 2.03. The van der Waals surface area contributed by atoms with Gasteiger partial charge in [0, 0.05) is 31.0 Å². The minimum atomic E-state index is -0.354. The van der Waals surface area contributed by atoms with Gasteiger partial charge in [0.2, 0.25) is 0 Å². The topological polar surface area (TPSA) is 51.1 Å². The van der Waals surface area contributed by atoms with E-state index in [1.54, 1.807) is 16.9 Å². The number of ether oxygens (including phenoxy) is 1. The molecule has 2 N–H and O–H groups in total. The highest BCUT2D eigenvalue weighted by molar-refractivity contribution is 7.80. The van der Waals surface area contributed by atoms with Gasteiger partial charge in [-0.15, -0.1) is 0 Å². The lowest BCUT2D eigenvalue weighted by molar-refractivity contribution is 0.146. The average molecular weight is 371 g/mol. The first-order chi connectivity index (χ1) is 11.6. The Morgan fingerprint density at radius 2 is 2.29 bits per heavy atom. The van der Waals surface area contributed by atoms with Gasteiger partial charge >= 0.3 is 0 Å². The first-order valence-electron chi connectivity index (χ1n) is 7.67. The van der Waals surface area contributed by atoms with E-state index in [2.05, 4.69) is 15.7 Å². The maximum absolute atomic E-state index is 13.1. The van der Waals surface area contributed by atoms with Crippen LogP contribution in [0.15, 0.2) is 30.6 Å². The zero-order valence-electron chi connectivity index (χ0n) is 13.4. The Hall–Kier alpha value is -1.70. The number of aromatic nitrogens is 2. The maximum atomic E-state index is 13.1. The van der Waals surface area contributed by atoms with Crippen LogP contribution in [0.4, 0.5) is 10.1 Å². The molecule has 2 aromatic rings. The maximum Gasteiger partial charge on any atom is 0.170 e. The molecule has 1 aromatic heterocycles. The summed E-state index contributed by atoms with van der Waals surface area (Å²) in [7, 11) is 0. The molecule has 1 aromatic carbocycles. The molecule has 0 saturated carbocycles. The Labute approximate surface area is 151 Å². The fraction of sp³-hybridized carbons (Fsp3) is 0.375. The summed E-state index contributed by atoms with van der Waals surface area (Å²) in [6, 6.07) is 4.32. The molecule has 0 amide bonds. The number of thiocarbonyl (C=S) groups is 1. The van der Waals surface area contributed by atoms with Gasteiger partial charge in [-0.25, -0.2) is 4.39 Å². The lowest BCUT2D eigenvalue weighted by Crippen LogP contribution is -2.29. The van der Waals surface area contributed by atoms with Crippen molar-refractivity contribution in [1.29, 1.82) is 0 Å². The zero-order chi connectivity index (χ0) is 17.4. The van der Waals surface area contributed by atoms with Crippen LogP contribution in [-0.2, 0) is 11.3 Å². The summed E-state index contributed by atoms with van der Waals surface area (Å²) in [6.07, 6.45) is 4.37. The van der Waals surface area contributed by atoms with Crippen molar-refractivity contribution in [1.82, 2.24) is 15.1 Å². The van der Waals surface area contributed by atoms with Gasteiger partial charge in [-0.1, -0.05) is 17.7 Å². The van der Waals surface area contributed by atoms with Gasteiger partial charge in [-0.2, -0.15) is 5.10 Å². The second-order valence-electron chi connectivity index (χ2n) is 5.09. The highest BCUT2D eigenvalue weighted by Crippen LogP contribution is 2.18. The lowest BCUT2D eigenvalue weighted by Gasteiger charge is -2.08. The SMILES string of the molecule is CCOCCCNC(=S)Nc1cnn(Cc2ccc(F)cc2Cl)c1. The third kappa shape index (κ3) is 6.07. The molecule has 8 heteroatoms. The molecule has 0 bridgehead atoms. The van der Waals surface area contributed by atoms with E-state index in [-0.39, 0.29) is 5.82 Å². The second kappa shape index (κ2) is 9.56. The van der Waals surface area contributed by atoms with Crippen LogP contribution < -0.4 is 10.6 Å². The van der Waals surface area contributed by atoms with Crippen molar-refractivity contribution in [3.63, 3.8) is 0 Å². The number of benzene rings is 1. The van der Waals surface area contributed by atoms with Crippen molar-refractivity contribution in [3.05, 3.63) is 47.0 Å². The van der Waals surface area contributed by atoms with Crippen molar-refractivity contribution in [2.45, 2.75) is 19.9 Å². The number of hydrogen-bond donors (Lipinski definition) is 2. The van der Waals surface area contributed by atoms with Gasteiger partial charge < -0.3 is 15.4 Å². The van der Waals surface area contributed by atoms with E-state index in [4.69, 9.17) is 28.6 Å². The molecule has 0 saturated heterocycles. The van der Waals surface area contributed by atoms with E-state index in [0.29, 0.717) is 23.3 Å². The number of anilines is 1. The van der Waals surface area contributed by atoms with Crippen molar-refractivity contribution >= 4 is 34.6 Å². The van der Waals surface area contributed by atoms with Gasteiger partial charge in [-0.3, -0.25) is 4.68 Å². The summed E-state index contributed by atoms with van der Waals surface area (Å²) in [5, 5.41) is 11.3. The van der Waals surface area contributed by atoms with Gasteiger partial charge in [0.25, 0.3) is 0 Å². The predicted octanol–water partition coefficient (Wildman–Crippen LogP) is 3.44. The standard InChI is InChI=1S/C16H20ClFN4OS/c1-2-23-7-3-6-19-16(24)21-14-9-20-22(11-14)10-12-4-5-13(18)8-15(12)17/h4-5,8-9,11H,2-3,6-7,10H2,1H3,(H2,19,21,24). The third-order valence-corrected chi connectivity index (χ3v) is 3.79. The first kappa shape index (κ1) is 18.6. The summed E-state index contributed by atoms with van der Waals surface area (Å²) in [5.74, 6) is -0.354. The van der Waals surface area contributed by atoms with Gasteiger partial charge in [-0.05, 0) is 43.3 Å². The quantitative estimate of drug-likeness (QED) is 0.550. The summed E-state index contributed by atoms with van der Waals surface area (Å²) in [5.41, 5.74) is 1.57. The van der Waals surface area contributed by atoms with E-state index in [1.165, 1.54) is 12.1 Å². The Kier molecular flexibility index (Phi) is 7.42. The fourth-order valence-corrected chi connectivity index (χ4v) is 2.48. The Bertz CT molecular complexity index is 680. The van der Waals surface area contributed by atoms with Crippen LogP contribution in [0.25, 0.3) is 0 Å². The Morgan fingerprint density at radius 3 is 3.04 bits per heavy atom. The molecule has 0 aliphatic rings. The van der Waals surface area contributed by atoms with Crippen LogP contribution in [0.1, 0.15) is 18.9 Å². The molecule has 0 radical (unpaired) electrons. The van der Waals surface area contributed by atoms with Crippen LogP contribution in [0.3, 0.4) is 0 Å². The highest BCUT2D eigenvalue weighted by Gasteiger charge is 2.05. The molecule has 0 aliphatic heterocycles. The molecule has 0 spiro atoms. The summed E-state index contributed by atoms with van der Waals surface area (Å²) in [4.78, 5) is 0. The lowest BCUT2D eigenvalue weighted by atomic mass is 10.2. The van der Waals surface area contributed by atoms with E-state index in [1.807, 2.05) is 13.1 Å². The van der Waals surface area contributed by atoms with E-state index >= 15 is 0 Å². The molecule has 1 heterocycles. The minimum Gasteiger partial charge on any atom is -0.382 e. The number of rotatable bonds is 8. The van der Waals surface area contributed by atoms with Gasteiger partial charge in [0.05, 0.1) is 18.4 Å². The van der Waals surface area contributed by atoms with Gasteiger partial charge in [0.15, 0.2) is 5.11 Å². The van der Waals surface area contributed by atoms with Crippen LogP contribution in [-0.4, -0.2) is 34.7 Å². The number of nitrogens with one attached hydrogen (secondary N) is 2. The number of nitrogens with zero attached hydrogens (tertiary/aromatic N) is 2. The normalized spacial score (nSPS) is 10.6. The molecule has 0 fully saturated rings. The molecule has 2 rings (SSSR count). The molecule has 0 aliphatic carbocycles. The smallest absolute Gasteiger partial charge is 0.170 e. The Balaban J connectivity index is 1.81. The van der Waals surface area contributed by atoms with Crippen LogP contribution in [0.2, 0.25) is 5.02 Å². The zero-order valence-corrected chi connectivity index (χ0v) is 15.0. The summed E-state index contributed by atoms with van der Waals surface area (Å²) in [6.45, 7) is 4.60. The molecule has 0 atom stereocenters. The highest BCUT2D eigenvalue weighted by atomic mass is 35.5. The molecular formula is C16H20ClFN4OS. The minimum absolute atomic E-state index is 0.354. The first-order valence-corrected chi connectivity index (χ1v) is 8.46. The van der Waals surface area contributed by atoms with Crippen LogP contribution >= 0.6 is 23.8 Å². The molecular weight excluding hydrogens is 351 g/mol. The second-order valence-corrected chi connectivity index (χ2v) is 5.91. The van der Waals surface area contributed by atoms with Crippen molar-refractivity contribution in [3.8, 4) is 0 Å². The largest absolute Gasteiger partial charge is 0.382 e. The number of hydrogen-bond acceptors (Lipinski definition) is 3. The third-order valence-electron chi connectivity index (χ3n) is 3.19. The van der Waals surface area contributed by atoms with E-state index < -0.39 is 0 Å². The number of halogens is 2. The van der Waals surface area contributed by atoms with E-state index in [9.17, 15) is 4.39 Å². The molecule has 5 nitrogen and oxygen atoms in total. The van der Waals surface area contributed by atoms with Crippen molar-refractivity contribution in [2.75, 3.05) is 25.1 Å². The summed E-state index contributed by atoms with van der Waals surface area (Å²) < 4.78 is 20.0. The average Bonchev–Trinajstić information content (AvgIpc) is 2.97. The van der Waals surface area contributed by atoms with Gasteiger partial charge in [0.1, 0.15) is 5.82 Å². The van der Waals surface area contributed by atoms with Crippen molar-refractivity contribution < 1.29 is 9.13 Å². The van der Waals surface area contributed by atoms with Crippen LogP contribution in [0, 0.1) is 5.82 Å². The predicted molar refractivity (Wildman–Crippen MR) is 98.1 cm³/mol. The molecule has 0 unspecified atom stereocenters. The Morgan fingerprint density at radius 1 is 1.46 bits per heavy atom. The van der Waals surface area contributed by atoms with Crippen molar-refractivity contribution in [2.24, 2.45) is 0 Å². The van der Waals surface area contributed by atoms with Crippen LogP contribution in [0.5, 0.6) is 0 Å². The summed E-state index contributed by atoms with van der Waals surface area (Å²) >= 11 is 11.3. The molecule has 24 heavy (non-hydrogen) atoms. The monoisotopic (exact) mass is 370 g/mol. The van der Waals surface area contributed by atoms with E-state index in [0.717, 1.165) is 30.8 Å².